The molecule has 1 aliphatic heterocycles. The molecule has 0 saturated heterocycles. The van der Waals surface area contributed by atoms with Gasteiger partial charge in [0.1, 0.15) is 11.5 Å². The summed E-state index contributed by atoms with van der Waals surface area (Å²) in [7, 11) is 1.97. The number of rotatable bonds is 6. The number of esters is 2. The van der Waals surface area contributed by atoms with Crippen molar-refractivity contribution in [3.8, 4) is 11.5 Å². The number of aryl methyl sites for hydroxylation is 3. The van der Waals surface area contributed by atoms with Gasteiger partial charge < -0.3 is 14.0 Å². The fourth-order valence-electron chi connectivity index (χ4n) is 8.08. The second kappa shape index (κ2) is 13.4. The molecule has 0 fully saturated rings. The van der Waals surface area contributed by atoms with E-state index in [4.69, 9.17) is 14.5 Å². The third kappa shape index (κ3) is 6.02. The second-order valence-corrected chi connectivity index (χ2v) is 14.3. The van der Waals surface area contributed by atoms with Crippen LogP contribution in [-0.2, 0) is 11.8 Å². The molecule has 5 aromatic rings. The number of allylic oxidation sites excluding steroid dienone is 2. The summed E-state index contributed by atoms with van der Waals surface area (Å²) < 4.78 is 14.1. The Labute approximate surface area is 305 Å². The molecule has 1 aromatic heterocycles. The van der Waals surface area contributed by atoms with Gasteiger partial charge in [0.2, 0.25) is 0 Å². The number of ether oxygens (including phenoxy) is 2. The van der Waals surface area contributed by atoms with Gasteiger partial charge in [-0.25, -0.2) is 9.59 Å². The highest BCUT2D eigenvalue weighted by atomic mass is 16.5. The van der Waals surface area contributed by atoms with Gasteiger partial charge in [-0.15, -0.1) is 0 Å². The molecule has 6 heteroatoms. The van der Waals surface area contributed by atoms with Crippen LogP contribution in [0.15, 0.2) is 101 Å². The Bertz CT molecular complexity index is 2440. The van der Waals surface area contributed by atoms with Gasteiger partial charge in [-0.2, -0.15) is 0 Å². The van der Waals surface area contributed by atoms with Crippen LogP contribution in [0.25, 0.3) is 22.4 Å². The molecule has 262 valence electrons. The molecule has 7 rings (SSSR count). The van der Waals surface area contributed by atoms with E-state index in [1.165, 1.54) is 5.56 Å². The molecule has 2 heterocycles. The van der Waals surface area contributed by atoms with Gasteiger partial charge in [0.25, 0.3) is 0 Å². The van der Waals surface area contributed by atoms with Gasteiger partial charge in [-0.3, -0.25) is 4.99 Å². The van der Waals surface area contributed by atoms with E-state index in [0.29, 0.717) is 40.0 Å². The van der Waals surface area contributed by atoms with Crippen LogP contribution >= 0.6 is 0 Å². The van der Waals surface area contributed by atoms with Crippen molar-refractivity contribution in [1.82, 2.24) is 4.57 Å². The van der Waals surface area contributed by atoms with Crippen LogP contribution in [-0.4, -0.2) is 22.2 Å². The Morgan fingerprint density at radius 2 is 1.42 bits per heavy atom. The van der Waals surface area contributed by atoms with E-state index in [9.17, 15) is 9.59 Å². The first-order chi connectivity index (χ1) is 24.8. The van der Waals surface area contributed by atoms with Crippen molar-refractivity contribution in [3.05, 3.63) is 152 Å². The van der Waals surface area contributed by atoms with E-state index >= 15 is 0 Å². The molecule has 0 amide bonds. The van der Waals surface area contributed by atoms with Crippen molar-refractivity contribution in [2.45, 2.75) is 67.7 Å². The SMILES string of the molecule is CC1=N/C(=C(/c2c(C)cc(C)cc2C)c2c(C)c(C(=O)Oc3ccc4ccccc4c3)c(C)n2C)C(C)=C1C(=O)Oc1ccc2c(c1)C=CCC2C. The maximum absolute atomic E-state index is 14.0. The fourth-order valence-corrected chi connectivity index (χ4v) is 8.08. The van der Waals surface area contributed by atoms with E-state index in [2.05, 4.69) is 58.0 Å². The van der Waals surface area contributed by atoms with Gasteiger partial charge in [-0.1, -0.05) is 73.2 Å². The lowest BCUT2D eigenvalue weighted by Gasteiger charge is -2.20. The average Bonchev–Trinajstić information content (AvgIpc) is 3.51. The summed E-state index contributed by atoms with van der Waals surface area (Å²) in [4.78, 5) is 33.1. The molecule has 0 spiro atoms. The predicted molar refractivity (Wildman–Crippen MR) is 210 cm³/mol. The van der Waals surface area contributed by atoms with Gasteiger partial charge in [-0.05, 0) is 135 Å². The summed E-state index contributed by atoms with van der Waals surface area (Å²) in [6.45, 7) is 16.2. The zero-order chi connectivity index (χ0) is 37.0. The summed E-state index contributed by atoms with van der Waals surface area (Å²) in [6, 6.07) is 23.9. The number of carbonyl (C=O) groups is 2. The van der Waals surface area contributed by atoms with Crippen molar-refractivity contribution in [1.29, 1.82) is 0 Å². The maximum Gasteiger partial charge on any atom is 0.345 e. The lowest BCUT2D eigenvalue weighted by molar-refractivity contribution is -0.129. The fraction of sp³-hybridized carbons (Fsp3) is 0.239. The van der Waals surface area contributed by atoms with Crippen LogP contribution in [0.2, 0.25) is 0 Å². The minimum atomic E-state index is -0.447. The van der Waals surface area contributed by atoms with Crippen LogP contribution < -0.4 is 9.47 Å². The number of benzene rings is 4. The Kier molecular flexibility index (Phi) is 8.95. The summed E-state index contributed by atoms with van der Waals surface area (Å²) >= 11 is 0. The average molecular weight is 689 g/mol. The first-order valence-corrected chi connectivity index (χ1v) is 17.8. The molecule has 1 unspecified atom stereocenters. The maximum atomic E-state index is 14.0. The Balaban J connectivity index is 1.34. The third-order valence-electron chi connectivity index (χ3n) is 10.6. The summed E-state index contributed by atoms with van der Waals surface area (Å²) in [5.74, 6) is 0.536. The lowest BCUT2D eigenvalue weighted by Crippen LogP contribution is -2.16. The molecule has 2 aliphatic rings. The van der Waals surface area contributed by atoms with Crippen LogP contribution in [0.5, 0.6) is 11.5 Å². The molecule has 0 N–H and O–H groups in total. The van der Waals surface area contributed by atoms with Gasteiger partial charge in [0.05, 0.1) is 28.2 Å². The number of aliphatic imine (C=N–C) groups is 1. The topological polar surface area (TPSA) is 69.9 Å². The smallest absolute Gasteiger partial charge is 0.345 e. The third-order valence-corrected chi connectivity index (χ3v) is 10.6. The lowest BCUT2D eigenvalue weighted by atomic mass is 9.87. The van der Waals surface area contributed by atoms with Crippen molar-refractivity contribution in [2.24, 2.45) is 12.0 Å². The molecule has 0 bridgehead atoms. The molecule has 0 radical (unpaired) electrons. The van der Waals surface area contributed by atoms with E-state index in [1.54, 1.807) is 0 Å². The number of aromatic nitrogens is 1. The Morgan fingerprint density at radius 1 is 0.769 bits per heavy atom. The first-order valence-electron chi connectivity index (χ1n) is 17.8. The molecule has 1 atom stereocenters. The molecule has 0 saturated carbocycles. The quantitative estimate of drug-likeness (QED) is 0.132. The number of hydrogen-bond donors (Lipinski definition) is 0. The Morgan fingerprint density at radius 3 is 2.15 bits per heavy atom. The van der Waals surface area contributed by atoms with Crippen molar-refractivity contribution in [3.63, 3.8) is 0 Å². The van der Waals surface area contributed by atoms with E-state index in [-0.39, 0.29) is 0 Å². The molecular formula is C46H44N2O4. The molecule has 4 aromatic carbocycles. The summed E-state index contributed by atoms with van der Waals surface area (Å²) in [5, 5.41) is 2.07. The predicted octanol–water partition coefficient (Wildman–Crippen LogP) is 10.6. The van der Waals surface area contributed by atoms with Crippen LogP contribution in [0.1, 0.15) is 93.8 Å². The molecule has 6 nitrogen and oxygen atoms in total. The van der Waals surface area contributed by atoms with Crippen molar-refractivity contribution < 1.29 is 19.1 Å². The number of carbonyl (C=O) groups excluding carboxylic acids is 2. The number of hydrogen-bond acceptors (Lipinski definition) is 5. The number of nitrogens with zero attached hydrogens (tertiary/aromatic N) is 2. The highest BCUT2D eigenvalue weighted by molar-refractivity contribution is 6.23. The highest BCUT2D eigenvalue weighted by Crippen LogP contribution is 2.42. The molecule has 1 aliphatic carbocycles. The van der Waals surface area contributed by atoms with Crippen LogP contribution in [0, 0.1) is 34.6 Å². The minimum Gasteiger partial charge on any atom is -0.423 e. The normalized spacial score (nSPS) is 16.2. The first kappa shape index (κ1) is 34.7. The molecular weight excluding hydrogens is 645 g/mol. The van der Waals surface area contributed by atoms with Gasteiger partial charge in [0.15, 0.2) is 0 Å². The molecule has 52 heavy (non-hydrogen) atoms. The van der Waals surface area contributed by atoms with Crippen LogP contribution in [0.3, 0.4) is 0 Å². The second-order valence-electron chi connectivity index (χ2n) is 14.3. The van der Waals surface area contributed by atoms with Crippen LogP contribution in [0.4, 0.5) is 0 Å². The zero-order valence-electron chi connectivity index (χ0n) is 31.4. The van der Waals surface area contributed by atoms with E-state index < -0.39 is 11.9 Å². The summed E-state index contributed by atoms with van der Waals surface area (Å²) in [5.41, 5.74) is 12.8. The minimum absolute atomic E-state index is 0.421. The highest BCUT2D eigenvalue weighted by Gasteiger charge is 2.33. The Hall–Kier alpha value is -5.75. The monoisotopic (exact) mass is 688 g/mol. The van der Waals surface area contributed by atoms with E-state index in [1.807, 2.05) is 93.9 Å². The van der Waals surface area contributed by atoms with Crippen molar-refractivity contribution in [2.75, 3.05) is 0 Å². The summed E-state index contributed by atoms with van der Waals surface area (Å²) in [6.07, 6.45) is 5.25. The van der Waals surface area contributed by atoms with Gasteiger partial charge >= 0.3 is 11.9 Å². The van der Waals surface area contributed by atoms with E-state index in [0.717, 1.165) is 73.1 Å². The standard InChI is InChI=1S/C46H44N2O4/c1-25-21-27(3)39(28(4)22-25)42(43-29(5)40(31(7)47-43)45(49)51-37-19-20-38-26(2)13-12-16-35(38)24-37)44-30(6)41(32(8)48(44)9)46(50)52-36-18-17-33-14-10-11-15-34(33)23-36/h10-12,14-24,26H,13H2,1-9H3/b43-42-. The zero-order valence-corrected chi connectivity index (χ0v) is 31.4. The van der Waals surface area contributed by atoms with Gasteiger partial charge in [0, 0.05) is 18.3 Å². The largest absolute Gasteiger partial charge is 0.423 e. The van der Waals surface area contributed by atoms with Crippen molar-refractivity contribution >= 4 is 40.1 Å². The number of fused-ring (bicyclic) bond motifs is 2.